The molecule has 2 N–H and O–H groups in total. The number of aliphatic hydroxyl groups excluding tert-OH is 1. The first-order valence-electron chi connectivity index (χ1n) is 11.3. The van der Waals surface area contributed by atoms with Gasteiger partial charge in [-0.3, -0.25) is 4.79 Å². The molecular weight excluding hydrogens is 477 g/mol. The zero-order chi connectivity index (χ0) is 25.7. The molecule has 0 radical (unpaired) electrons. The van der Waals surface area contributed by atoms with Crippen molar-refractivity contribution in [2.75, 3.05) is 26.9 Å². The number of aliphatic hydroxyl groups is 1. The second-order valence-electron chi connectivity index (χ2n) is 8.64. The van der Waals surface area contributed by atoms with Crippen LogP contribution in [-0.4, -0.2) is 47.7 Å². The predicted molar refractivity (Wildman–Crippen MR) is 132 cm³/mol. The van der Waals surface area contributed by atoms with E-state index in [0.717, 1.165) is 0 Å². The molecule has 0 aliphatic heterocycles. The zero-order valence-electron chi connectivity index (χ0n) is 19.9. The van der Waals surface area contributed by atoms with Crippen LogP contribution in [0.3, 0.4) is 0 Å². The Morgan fingerprint density at radius 1 is 1.20 bits per heavy atom. The van der Waals surface area contributed by atoms with Gasteiger partial charge in [0.1, 0.15) is 17.1 Å². The normalized spacial score (nSPS) is 12.3. The monoisotopic (exact) mass is 505 g/mol. The Morgan fingerprint density at radius 3 is 2.57 bits per heavy atom. The summed E-state index contributed by atoms with van der Waals surface area (Å²) in [6.07, 6.45) is 1.95. The highest BCUT2D eigenvalue weighted by Crippen LogP contribution is 2.32. The molecule has 0 aliphatic rings. The Morgan fingerprint density at radius 2 is 1.94 bits per heavy atom. The number of hydrogen-bond donors (Lipinski definition) is 2. The van der Waals surface area contributed by atoms with Gasteiger partial charge in [0.25, 0.3) is 0 Å². The molecule has 0 spiro atoms. The minimum atomic E-state index is -1.37. The number of fused-ring (bicyclic) bond motifs is 1. The number of carbonyl (C=O) groups is 1. The zero-order valence-corrected chi connectivity index (χ0v) is 20.6. The Hall–Kier alpha value is -2.94. The van der Waals surface area contributed by atoms with E-state index in [2.05, 4.69) is 0 Å². The summed E-state index contributed by atoms with van der Waals surface area (Å²) in [6, 6.07) is 7.38. The number of carboxylic acids is 1. The van der Waals surface area contributed by atoms with Crippen molar-refractivity contribution in [1.82, 2.24) is 4.57 Å². The van der Waals surface area contributed by atoms with Crippen molar-refractivity contribution in [1.29, 1.82) is 0 Å². The Labute approximate surface area is 207 Å². The number of methoxy groups -OCH3 is 1. The summed E-state index contributed by atoms with van der Waals surface area (Å²) in [7, 11) is 1.59. The standard InChI is InChI=1S/C26H29ClFNO6/c1-15(2)22(14-30)29-13-19(26(32)33)25(31)18-11-17(10-16-6-4-7-20(27)24(16)28)23(12-21(18)29)35-9-5-8-34-3/h4,6-7,11-13,15,22,30H,5,8-10,14H2,1-3H3,(H,32,33)/t22-/m1/s1. The highest BCUT2D eigenvalue weighted by Gasteiger charge is 2.23. The van der Waals surface area contributed by atoms with Crippen LogP contribution in [0.4, 0.5) is 4.39 Å². The molecule has 35 heavy (non-hydrogen) atoms. The van der Waals surface area contributed by atoms with Crippen molar-refractivity contribution >= 4 is 28.5 Å². The number of nitrogens with zero attached hydrogens (tertiary/aromatic N) is 1. The fourth-order valence-corrected chi connectivity index (χ4v) is 4.21. The number of rotatable bonds is 11. The number of aromatic carboxylic acids is 1. The van der Waals surface area contributed by atoms with Gasteiger partial charge in [0.2, 0.25) is 5.43 Å². The van der Waals surface area contributed by atoms with Crippen molar-refractivity contribution in [3.8, 4) is 5.75 Å². The van der Waals surface area contributed by atoms with E-state index in [1.807, 2.05) is 13.8 Å². The fraction of sp³-hybridized carbons (Fsp3) is 0.385. The van der Waals surface area contributed by atoms with Gasteiger partial charge in [-0.25, -0.2) is 9.18 Å². The maximum atomic E-state index is 14.7. The first-order valence-corrected chi connectivity index (χ1v) is 11.7. The van der Waals surface area contributed by atoms with Crippen LogP contribution in [0.15, 0.2) is 41.3 Å². The summed E-state index contributed by atoms with van der Waals surface area (Å²) in [5.41, 5.74) is 0.161. The molecule has 2 aromatic carbocycles. The highest BCUT2D eigenvalue weighted by molar-refractivity contribution is 6.30. The largest absolute Gasteiger partial charge is 0.493 e. The lowest BCUT2D eigenvalue weighted by Gasteiger charge is -2.25. The molecule has 0 saturated heterocycles. The van der Waals surface area contributed by atoms with E-state index in [1.165, 1.54) is 12.3 Å². The summed E-state index contributed by atoms with van der Waals surface area (Å²) in [4.78, 5) is 25.0. The molecule has 7 nitrogen and oxygen atoms in total. The molecular formula is C26H29ClFNO6. The van der Waals surface area contributed by atoms with Gasteiger partial charge in [0.05, 0.1) is 29.8 Å². The van der Waals surface area contributed by atoms with Crippen LogP contribution in [0, 0.1) is 11.7 Å². The average molecular weight is 506 g/mol. The molecule has 3 aromatic rings. The van der Waals surface area contributed by atoms with Crippen LogP contribution < -0.4 is 10.2 Å². The summed E-state index contributed by atoms with van der Waals surface area (Å²) in [5.74, 6) is -1.58. The van der Waals surface area contributed by atoms with Gasteiger partial charge < -0.3 is 24.3 Å². The van der Waals surface area contributed by atoms with E-state index in [0.29, 0.717) is 42.0 Å². The van der Waals surface area contributed by atoms with Crippen molar-refractivity contribution < 1.29 is 28.9 Å². The minimum absolute atomic E-state index is 0.0240. The molecule has 0 fully saturated rings. The number of hydrogen-bond acceptors (Lipinski definition) is 5. The first-order chi connectivity index (χ1) is 16.7. The Bertz CT molecular complexity index is 1270. The second-order valence-corrected chi connectivity index (χ2v) is 9.05. The third-order valence-electron chi connectivity index (χ3n) is 5.92. The average Bonchev–Trinajstić information content (AvgIpc) is 2.81. The van der Waals surface area contributed by atoms with E-state index in [1.54, 1.807) is 35.9 Å². The Kier molecular flexibility index (Phi) is 8.88. The first kappa shape index (κ1) is 26.7. The van der Waals surface area contributed by atoms with Gasteiger partial charge in [-0.05, 0) is 29.2 Å². The van der Waals surface area contributed by atoms with Crippen molar-refractivity contribution in [2.24, 2.45) is 5.92 Å². The fourth-order valence-electron chi connectivity index (χ4n) is 4.02. The summed E-state index contributed by atoms with van der Waals surface area (Å²) >= 11 is 5.95. The van der Waals surface area contributed by atoms with E-state index >= 15 is 0 Å². The molecule has 188 valence electrons. The van der Waals surface area contributed by atoms with Gasteiger partial charge in [0.15, 0.2) is 0 Å². The third kappa shape index (κ3) is 5.83. The summed E-state index contributed by atoms with van der Waals surface area (Å²) in [6.45, 7) is 4.33. The second kappa shape index (κ2) is 11.7. The van der Waals surface area contributed by atoms with Crippen LogP contribution in [0.5, 0.6) is 5.75 Å². The Balaban J connectivity index is 2.27. The van der Waals surface area contributed by atoms with Gasteiger partial charge in [-0.1, -0.05) is 37.6 Å². The van der Waals surface area contributed by atoms with Crippen LogP contribution in [-0.2, 0) is 11.2 Å². The number of aromatic nitrogens is 1. The number of pyridine rings is 1. The minimum Gasteiger partial charge on any atom is -0.493 e. The van der Waals surface area contributed by atoms with Crippen molar-refractivity contribution in [2.45, 2.75) is 32.7 Å². The van der Waals surface area contributed by atoms with Gasteiger partial charge >= 0.3 is 5.97 Å². The molecule has 0 aliphatic carbocycles. The molecule has 0 saturated carbocycles. The number of halogens is 2. The number of carboxylic acid groups (broad SMARTS) is 1. The van der Waals surface area contributed by atoms with E-state index in [-0.39, 0.29) is 29.4 Å². The quantitative estimate of drug-likeness (QED) is 0.367. The number of benzene rings is 2. The van der Waals surface area contributed by atoms with Gasteiger partial charge in [-0.15, -0.1) is 0 Å². The van der Waals surface area contributed by atoms with Crippen LogP contribution in [0.25, 0.3) is 10.9 Å². The van der Waals surface area contributed by atoms with Crippen LogP contribution >= 0.6 is 11.6 Å². The van der Waals surface area contributed by atoms with Gasteiger partial charge in [0, 0.05) is 44.2 Å². The molecule has 1 aromatic heterocycles. The maximum Gasteiger partial charge on any atom is 0.341 e. The maximum absolute atomic E-state index is 14.7. The molecule has 1 atom stereocenters. The highest BCUT2D eigenvalue weighted by atomic mass is 35.5. The molecule has 3 rings (SSSR count). The molecule has 9 heteroatoms. The molecule has 1 heterocycles. The molecule has 0 unspecified atom stereocenters. The van der Waals surface area contributed by atoms with Crippen LogP contribution in [0.1, 0.15) is 47.8 Å². The lowest BCUT2D eigenvalue weighted by Crippen LogP contribution is -2.25. The predicted octanol–water partition coefficient (Wildman–Crippen LogP) is 4.69. The SMILES string of the molecule is COCCCOc1cc2c(cc1Cc1cccc(Cl)c1F)c(=O)c(C(=O)O)cn2[C@H](CO)C(C)C. The summed E-state index contributed by atoms with van der Waals surface area (Å²) < 4.78 is 27.4. The van der Waals surface area contributed by atoms with Crippen molar-refractivity contribution in [3.05, 3.63) is 74.3 Å². The van der Waals surface area contributed by atoms with E-state index in [9.17, 15) is 24.2 Å². The van der Waals surface area contributed by atoms with Crippen LogP contribution in [0.2, 0.25) is 5.02 Å². The third-order valence-corrected chi connectivity index (χ3v) is 6.21. The number of ether oxygens (including phenoxy) is 2. The van der Waals surface area contributed by atoms with E-state index < -0.39 is 28.8 Å². The topological polar surface area (TPSA) is 98.0 Å². The molecule has 0 bridgehead atoms. The summed E-state index contributed by atoms with van der Waals surface area (Å²) in [5, 5.41) is 19.8. The lowest BCUT2D eigenvalue weighted by molar-refractivity contribution is 0.0694. The smallest absolute Gasteiger partial charge is 0.341 e. The van der Waals surface area contributed by atoms with Crippen molar-refractivity contribution in [3.63, 3.8) is 0 Å². The van der Waals surface area contributed by atoms with Gasteiger partial charge in [-0.2, -0.15) is 0 Å². The lowest BCUT2D eigenvalue weighted by atomic mass is 9.98. The van der Waals surface area contributed by atoms with E-state index in [4.69, 9.17) is 21.1 Å². The molecule has 0 amide bonds.